The van der Waals surface area contributed by atoms with Gasteiger partial charge in [0.15, 0.2) is 5.96 Å². The zero-order valence-electron chi connectivity index (χ0n) is 15.1. The third-order valence-electron chi connectivity index (χ3n) is 3.96. The number of nitrogens with zero attached hydrogens (tertiary/aromatic N) is 2. The molecule has 25 heavy (non-hydrogen) atoms. The molecule has 0 radical (unpaired) electrons. The molecular weight excluding hydrogens is 453 g/mol. The first-order valence-corrected chi connectivity index (χ1v) is 10.3. The molecule has 0 aliphatic carbocycles. The van der Waals surface area contributed by atoms with Crippen molar-refractivity contribution in [2.45, 2.75) is 20.0 Å². The summed E-state index contributed by atoms with van der Waals surface area (Å²) in [7, 11) is -3.00. The lowest BCUT2D eigenvalue weighted by atomic mass is 10.0. The van der Waals surface area contributed by atoms with Crippen molar-refractivity contribution in [3.63, 3.8) is 0 Å². The van der Waals surface area contributed by atoms with Gasteiger partial charge in [0.2, 0.25) is 0 Å². The van der Waals surface area contributed by atoms with E-state index in [9.17, 15) is 8.42 Å². The van der Waals surface area contributed by atoms with Crippen molar-refractivity contribution in [2.24, 2.45) is 4.99 Å². The highest BCUT2D eigenvalue weighted by atomic mass is 127. The molecular formula is C17H28IN3O3S. The Balaban J connectivity index is 0.00000312. The SMILES string of the molecule is CCNC(=NCCS(C)(=O)=O)N1CCOC(c2ccccc2C)C1.I. The molecule has 1 saturated heterocycles. The Morgan fingerprint density at radius 1 is 1.40 bits per heavy atom. The second-order valence-corrected chi connectivity index (χ2v) is 8.29. The van der Waals surface area contributed by atoms with Crippen molar-refractivity contribution >= 4 is 39.8 Å². The molecule has 142 valence electrons. The van der Waals surface area contributed by atoms with Crippen LogP contribution >= 0.6 is 24.0 Å². The summed E-state index contributed by atoms with van der Waals surface area (Å²) in [6.07, 6.45) is 1.23. The predicted molar refractivity (Wildman–Crippen MR) is 113 cm³/mol. The largest absolute Gasteiger partial charge is 0.370 e. The Morgan fingerprint density at radius 2 is 2.12 bits per heavy atom. The normalized spacial score (nSPS) is 18.6. The van der Waals surface area contributed by atoms with Gasteiger partial charge in [-0.05, 0) is 25.0 Å². The van der Waals surface area contributed by atoms with Gasteiger partial charge in [-0.15, -0.1) is 24.0 Å². The number of guanidine groups is 1. The zero-order chi connectivity index (χ0) is 17.6. The average Bonchev–Trinajstić information content (AvgIpc) is 2.53. The minimum Gasteiger partial charge on any atom is -0.370 e. The van der Waals surface area contributed by atoms with E-state index in [2.05, 4.69) is 34.3 Å². The molecule has 0 bridgehead atoms. The fourth-order valence-corrected chi connectivity index (χ4v) is 3.14. The van der Waals surface area contributed by atoms with Gasteiger partial charge in [0, 0.05) is 19.3 Å². The second-order valence-electron chi connectivity index (χ2n) is 6.03. The van der Waals surface area contributed by atoms with Gasteiger partial charge in [0.25, 0.3) is 0 Å². The summed E-state index contributed by atoms with van der Waals surface area (Å²) in [5.74, 6) is 0.816. The molecule has 1 aromatic carbocycles. The average molecular weight is 481 g/mol. The van der Waals surface area contributed by atoms with E-state index in [0.29, 0.717) is 13.2 Å². The van der Waals surface area contributed by atoms with Gasteiger partial charge in [-0.3, -0.25) is 4.99 Å². The number of rotatable bonds is 5. The number of hydrogen-bond acceptors (Lipinski definition) is 4. The van der Waals surface area contributed by atoms with Crippen LogP contribution in [0.5, 0.6) is 0 Å². The maximum Gasteiger partial charge on any atom is 0.194 e. The first-order valence-electron chi connectivity index (χ1n) is 8.29. The zero-order valence-corrected chi connectivity index (χ0v) is 18.2. The minimum atomic E-state index is -3.00. The third kappa shape index (κ3) is 7.10. The van der Waals surface area contributed by atoms with Crippen LogP contribution in [0.4, 0.5) is 0 Å². The molecule has 2 rings (SSSR count). The molecule has 0 aromatic heterocycles. The molecule has 1 atom stereocenters. The summed E-state index contributed by atoms with van der Waals surface area (Å²) in [4.78, 5) is 6.62. The summed E-state index contributed by atoms with van der Waals surface area (Å²) >= 11 is 0. The van der Waals surface area contributed by atoms with Crippen LogP contribution in [-0.2, 0) is 14.6 Å². The molecule has 1 aromatic rings. The summed E-state index contributed by atoms with van der Waals surface area (Å²) in [5, 5.41) is 3.25. The van der Waals surface area contributed by atoms with Gasteiger partial charge in [-0.1, -0.05) is 24.3 Å². The van der Waals surface area contributed by atoms with Gasteiger partial charge in [0.05, 0.1) is 25.4 Å². The first-order chi connectivity index (χ1) is 11.4. The van der Waals surface area contributed by atoms with E-state index in [1.165, 1.54) is 17.4 Å². The van der Waals surface area contributed by atoms with Crippen LogP contribution < -0.4 is 5.32 Å². The molecule has 0 saturated carbocycles. The third-order valence-corrected chi connectivity index (χ3v) is 4.88. The molecule has 1 unspecified atom stereocenters. The number of halogens is 1. The van der Waals surface area contributed by atoms with Crippen LogP contribution in [0.2, 0.25) is 0 Å². The summed E-state index contributed by atoms with van der Waals surface area (Å²) in [6.45, 7) is 7.17. The van der Waals surface area contributed by atoms with Gasteiger partial charge in [0.1, 0.15) is 15.9 Å². The number of hydrogen-bond donors (Lipinski definition) is 1. The highest BCUT2D eigenvalue weighted by Gasteiger charge is 2.25. The summed E-state index contributed by atoms with van der Waals surface area (Å²) in [5.41, 5.74) is 2.40. The highest BCUT2D eigenvalue weighted by Crippen LogP contribution is 2.24. The van der Waals surface area contributed by atoms with E-state index in [1.54, 1.807) is 0 Å². The molecule has 1 aliphatic heterocycles. The molecule has 0 spiro atoms. The molecule has 0 amide bonds. The van der Waals surface area contributed by atoms with E-state index in [1.807, 2.05) is 19.1 Å². The number of sulfone groups is 1. The van der Waals surface area contributed by atoms with E-state index >= 15 is 0 Å². The molecule has 1 aliphatic rings. The van der Waals surface area contributed by atoms with Crippen molar-refractivity contribution in [1.82, 2.24) is 10.2 Å². The topological polar surface area (TPSA) is 71.0 Å². The van der Waals surface area contributed by atoms with Crippen molar-refractivity contribution in [3.8, 4) is 0 Å². The summed E-state index contributed by atoms with van der Waals surface area (Å²) < 4.78 is 28.5. The first kappa shape index (κ1) is 22.2. The lowest BCUT2D eigenvalue weighted by Gasteiger charge is -2.35. The maximum atomic E-state index is 11.3. The Hall–Kier alpha value is -0.870. The lowest BCUT2D eigenvalue weighted by molar-refractivity contribution is -0.00831. The number of benzene rings is 1. The van der Waals surface area contributed by atoms with Gasteiger partial charge in [-0.2, -0.15) is 0 Å². The van der Waals surface area contributed by atoms with Crippen molar-refractivity contribution < 1.29 is 13.2 Å². The van der Waals surface area contributed by atoms with Crippen LogP contribution in [0.15, 0.2) is 29.3 Å². The summed E-state index contributed by atoms with van der Waals surface area (Å²) in [6, 6.07) is 8.23. The molecule has 1 fully saturated rings. The van der Waals surface area contributed by atoms with Gasteiger partial charge >= 0.3 is 0 Å². The smallest absolute Gasteiger partial charge is 0.194 e. The van der Waals surface area contributed by atoms with Gasteiger partial charge in [-0.25, -0.2) is 8.42 Å². The number of nitrogens with one attached hydrogen (secondary N) is 1. The quantitative estimate of drug-likeness (QED) is 0.396. The number of aliphatic imine (C=N–C) groups is 1. The second kappa shape index (κ2) is 10.3. The van der Waals surface area contributed by atoms with Crippen LogP contribution in [0.25, 0.3) is 0 Å². The van der Waals surface area contributed by atoms with E-state index < -0.39 is 9.84 Å². The monoisotopic (exact) mass is 481 g/mol. The van der Waals surface area contributed by atoms with Crippen LogP contribution in [0, 0.1) is 6.92 Å². The van der Waals surface area contributed by atoms with Crippen molar-refractivity contribution in [1.29, 1.82) is 0 Å². The van der Waals surface area contributed by atoms with Crippen molar-refractivity contribution in [2.75, 3.05) is 44.8 Å². The Bertz CT molecular complexity index is 679. The van der Waals surface area contributed by atoms with E-state index in [4.69, 9.17) is 4.74 Å². The predicted octanol–water partition coefficient (Wildman–Crippen LogP) is 2.00. The van der Waals surface area contributed by atoms with Crippen LogP contribution in [0.1, 0.15) is 24.2 Å². The highest BCUT2D eigenvalue weighted by molar-refractivity contribution is 14.0. The lowest BCUT2D eigenvalue weighted by Crippen LogP contribution is -2.48. The maximum absolute atomic E-state index is 11.3. The molecule has 8 heteroatoms. The minimum absolute atomic E-state index is 0. The molecule has 6 nitrogen and oxygen atoms in total. The molecule has 1 heterocycles. The Labute approximate surface area is 168 Å². The number of aryl methyl sites for hydroxylation is 1. The van der Waals surface area contributed by atoms with E-state index in [0.717, 1.165) is 19.0 Å². The standard InChI is InChI=1S/C17H27N3O3S.HI/c1-4-18-17(19-9-12-24(3,21)22)20-10-11-23-16(13-20)15-8-6-5-7-14(15)2;/h5-8,16H,4,9-13H2,1-3H3,(H,18,19);1H. The van der Waals surface area contributed by atoms with Crippen LogP contribution in [0.3, 0.4) is 0 Å². The number of morpholine rings is 1. The fraction of sp³-hybridized carbons (Fsp3) is 0.588. The Kier molecular flexibility index (Phi) is 9.15. The van der Waals surface area contributed by atoms with Crippen molar-refractivity contribution in [3.05, 3.63) is 35.4 Å². The number of ether oxygens (including phenoxy) is 1. The Morgan fingerprint density at radius 3 is 2.76 bits per heavy atom. The van der Waals surface area contributed by atoms with Gasteiger partial charge < -0.3 is 15.0 Å². The molecule has 1 N–H and O–H groups in total. The van der Waals surface area contributed by atoms with E-state index in [-0.39, 0.29) is 42.4 Å². The fourth-order valence-electron chi connectivity index (χ4n) is 2.72. The van der Waals surface area contributed by atoms with Crippen LogP contribution in [-0.4, -0.2) is 64.1 Å².